The van der Waals surface area contributed by atoms with E-state index < -0.39 is 0 Å². The summed E-state index contributed by atoms with van der Waals surface area (Å²) in [5, 5.41) is 6.69. The highest BCUT2D eigenvalue weighted by Gasteiger charge is 2.37. The summed E-state index contributed by atoms with van der Waals surface area (Å²) in [5.41, 5.74) is 2.87. The normalized spacial score (nSPS) is 18.4. The maximum atomic E-state index is 12.8. The molecule has 3 rings (SSSR count). The van der Waals surface area contributed by atoms with Crippen LogP contribution >= 0.6 is 11.8 Å². The largest absolute Gasteiger partial charge is 0.463 e. The summed E-state index contributed by atoms with van der Waals surface area (Å²) >= 11 is 1.71. The lowest BCUT2D eigenvalue weighted by Gasteiger charge is -2.40. The Morgan fingerprint density at radius 1 is 1.33 bits per heavy atom. The number of urea groups is 1. The Balaban J connectivity index is 1.90. The summed E-state index contributed by atoms with van der Waals surface area (Å²) < 4.78 is 5.35. The molecule has 1 aromatic rings. The van der Waals surface area contributed by atoms with Crippen molar-refractivity contribution in [1.29, 1.82) is 0 Å². The minimum absolute atomic E-state index is 0.225. The third kappa shape index (κ3) is 5.16. The monoisotopic (exact) mass is 430 g/mol. The molecule has 1 atom stereocenters. The number of nitrogens with zero attached hydrogens (tertiary/aromatic N) is 2. The van der Waals surface area contributed by atoms with E-state index in [1.54, 1.807) is 18.7 Å². The van der Waals surface area contributed by atoms with E-state index in [0.29, 0.717) is 30.1 Å². The number of fused-ring (bicyclic) bond motifs is 1. The van der Waals surface area contributed by atoms with Crippen LogP contribution in [0.3, 0.4) is 0 Å². The maximum absolute atomic E-state index is 12.8. The number of amides is 2. The van der Waals surface area contributed by atoms with Crippen LogP contribution in [0.1, 0.15) is 51.6 Å². The maximum Gasteiger partial charge on any atom is 0.338 e. The molecule has 0 radical (unpaired) electrons. The van der Waals surface area contributed by atoms with Crippen molar-refractivity contribution in [3.63, 3.8) is 0 Å². The number of rotatable bonds is 7. The van der Waals surface area contributed by atoms with Crippen LogP contribution < -0.4 is 10.6 Å². The predicted molar refractivity (Wildman–Crippen MR) is 122 cm³/mol. The van der Waals surface area contributed by atoms with Crippen LogP contribution in [0.15, 0.2) is 40.5 Å². The number of thioether (sulfide) groups is 1. The van der Waals surface area contributed by atoms with Gasteiger partial charge in [-0.3, -0.25) is 0 Å². The Morgan fingerprint density at radius 2 is 2.17 bits per heavy atom. The van der Waals surface area contributed by atoms with Crippen LogP contribution in [0.25, 0.3) is 0 Å². The zero-order valence-electron chi connectivity index (χ0n) is 17.9. The first-order valence-electron chi connectivity index (χ1n) is 10.6. The van der Waals surface area contributed by atoms with E-state index in [9.17, 15) is 9.59 Å². The van der Waals surface area contributed by atoms with Gasteiger partial charge in [-0.2, -0.15) is 0 Å². The van der Waals surface area contributed by atoms with E-state index in [1.807, 2.05) is 31.2 Å². The van der Waals surface area contributed by atoms with Gasteiger partial charge in [0.2, 0.25) is 0 Å². The molecule has 2 aliphatic heterocycles. The summed E-state index contributed by atoms with van der Waals surface area (Å²) in [6.45, 7) is 7.53. The van der Waals surface area contributed by atoms with Crippen molar-refractivity contribution < 1.29 is 14.3 Å². The highest BCUT2D eigenvalue weighted by Crippen LogP contribution is 2.40. The topological polar surface area (TPSA) is 83.0 Å². The van der Waals surface area contributed by atoms with E-state index >= 15 is 0 Å². The molecule has 1 aromatic carbocycles. The second-order valence-electron chi connectivity index (χ2n) is 7.27. The van der Waals surface area contributed by atoms with E-state index in [1.165, 1.54) is 0 Å². The van der Waals surface area contributed by atoms with Gasteiger partial charge in [-0.1, -0.05) is 37.2 Å². The lowest BCUT2D eigenvalue weighted by Crippen LogP contribution is -2.42. The number of hydrogen-bond acceptors (Lipinski definition) is 6. The van der Waals surface area contributed by atoms with Gasteiger partial charge in [0.1, 0.15) is 0 Å². The molecule has 2 amide bonds. The first-order valence-corrected chi connectivity index (χ1v) is 11.5. The van der Waals surface area contributed by atoms with Gasteiger partial charge in [0.25, 0.3) is 0 Å². The Hall–Kier alpha value is -2.48. The first kappa shape index (κ1) is 22.2. The molecule has 0 saturated carbocycles. The van der Waals surface area contributed by atoms with Crippen LogP contribution in [0.5, 0.6) is 0 Å². The second-order valence-corrected chi connectivity index (χ2v) is 8.33. The lowest BCUT2D eigenvalue weighted by atomic mass is 9.94. The molecule has 1 fully saturated rings. The molecule has 8 heteroatoms. The molecule has 0 aromatic heterocycles. The van der Waals surface area contributed by atoms with Crippen LogP contribution in [0.4, 0.5) is 10.5 Å². The fourth-order valence-corrected chi connectivity index (χ4v) is 4.65. The van der Waals surface area contributed by atoms with Gasteiger partial charge >= 0.3 is 12.0 Å². The quantitative estimate of drug-likeness (QED) is 0.498. The molecule has 7 nitrogen and oxygen atoms in total. The fraction of sp³-hybridized carbons (Fsp3) is 0.500. The molecule has 0 unspecified atom stereocenters. The molecule has 1 saturated heterocycles. The van der Waals surface area contributed by atoms with Gasteiger partial charge in [0.15, 0.2) is 5.17 Å². The zero-order chi connectivity index (χ0) is 21.5. The molecule has 2 aliphatic rings. The first-order chi connectivity index (χ1) is 14.5. The van der Waals surface area contributed by atoms with E-state index in [4.69, 9.17) is 4.74 Å². The van der Waals surface area contributed by atoms with E-state index in [0.717, 1.165) is 42.3 Å². The summed E-state index contributed by atoms with van der Waals surface area (Å²) in [7, 11) is 0. The number of esters is 1. The Bertz CT molecular complexity index is 853. The fourth-order valence-electron chi connectivity index (χ4n) is 3.63. The SMILES string of the molecule is CCCCNC(=O)Nc1cccc([C@H]2C(C(=O)OCC)=C(C)N=C3SCCCN32)c1. The number of allylic oxidation sites excluding steroid dienone is 1. The average molecular weight is 431 g/mol. The van der Waals surface area contributed by atoms with Crippen molar-refractivity contribution in [2.75, 3.05) is 30.8 Å². The summed E-state index contributed by atoms with van der Waals surface area (Å²) in [6.07, 6.45) is 2.99. The van der Waals surface area contributed by atoms with Gasteiger partial charge in [0.05, 0.1) is 23.9 Å². The van der Waals surface area contributed by atoms with Gasteiger partial charge in [-0.15, -0.1) is 0 Å². The Kier molecular flexibility index (Phi) is 7.79. The Morgan fingerprint density at radius 3 is 2.93 bits per heavy atom. The van der Waals surface area contributed by atoms with Crippen LogP contribution in [0.2, 0.25) is 0 Å². The number of amidine groups is 1. The molecule has 162 valence electrons. The highest BCUT2D eigenvalue weighted by atomic mass is 32.2. The number of nitrogens with one attached hydrogen (secondary N) is 2. The standard InChI is InChI=1S/C22H30N4O3S/c1-4-6-11-23-21(28)25-17-10-7-9-16(14-17)19-18(20(27)29-5-2)15(3)24-22-26(19)12-8-13-30-22/h7,9-10,14,19H,4-6,8,11-13H2,1-3H3,(H2,23,25,28)/t19-/m0/s1. The molecule has 2 N–H and O–H groups in total. The summed E-state index contributed by atoms with van der Waals surface area (Å²) in [6, 6.07) is 7.16. The number of anilines is 1. The highest BCUT2D eigenvalue weighted by molar-refractivity contribution is 8.13. The van der Waals surface area contributed by atoms with Crippen molar-refractivity contribution in [1.82, 2.24) is 10.2 Å². The zero-order valence-corrected chi connectivity index (χ0v) is 18.7. The van der Waals surface area contributed by atoms with Crippen LogP contribution in [0, 0.1) is 0 Å². The van der Waals surface area contributed by atoms with Gasteiger partial charge in [-0.25, -0.2) is 14.6 Å². The molecular formula is C22H30N4O3S. The summed E-state index contributed by atoms with van der Waals surface area (Å²) in [4.78, 5) is 31.8. The number of aliphatic imine (C=N–C) groups is 1. The average Bonchev–Trinajstić information content (AvgIpc) is 2.73. The third-order valence-corrected chi connectivity index (χ3v) is 6.11. The number of carbonyl (C=O) groups is 2. The van der Waals surface area contributed by atoms with Crippen molar-refractivity contribution in [2.24, 2.45) is 4.99 Å². The molecule has 30 heavy (non-hydrogen) atoms. The van der Waals surface area contributed by atoms with E-state index in [-0.39, 0.29) is 18.0 Å². The molecular weight excluding hydrogens is 400 g/mol. The molecule has 0 spiro atoms. The smallest absolute Gasteiger partial charge is 0.338 e. The second kappa shape index (κ2) is 10.5. The number of carbonyl (C=O) groups excluding carboxylic acids is 2. The molecule has 0 aliphatic carbocycles. The van der Waals surface area contributed by atoms with Gasteiger partial charge < -0.3 is 20.3 Å². The third-order valence-electron chi connectivity index (χ3n) is 5.03. The lowest BCUT2D eigenvalue weighted by molar-refractivity contribution is -0.139. The summed E-state index contributed by atoms with van der Waals surface area (Å²) in [5.74, 6) is 0.679. The molecule has 2 heterocycles. The number of benzene rings is 1. The number of hydrogen-bond donors (Lipinski definition) is 2. The van der Waals surface area contributed by atoms with Crippen molar-refractivity contribution in [3.05, 3.63) is 41.1 Å². The van der Waals surface area contributed by atoms with Gasteiger partial charge in [0, 0.05) is 24.5 Å². The predicted octanol–water partition coefficient (Wildman–Crippen LogP) is 4.29. The van der Waals surface area contributed by atoms with Crippen LogP contribution in [-0.2, 0) is 9.53 Å². The minimum Gasteiger partial charge on any atom is -0.463 e. The van der Waals surface area contributed by atoms with E-state index in [2.05, 4.69) is 27.4 Å². The Labute approximate surface area is 182 Å². The van der Waals surface area contributed by atoms with Crippen molar-refractivity contribution >= 4 is 34.6 Å². The number of unbranched alkanes of at least 4 members (excludes halogenated alkanes) is 1. The van der Waals surface area contributed by atoms with Crippen LogP contribution in [-0.4, -0.2) is 47.5 Å². The number of ether oxygens (including phenoxy) is 1. The minimum atomic E-state index is -0.339. The van der Waals surface area contributed by atoms with Gasteiger partial charge in [-0.05, 0) is 44.4 Å². The molecule has 0 bridgehead atoms. The van der Waals surface area contributed by atoms with Crippen molar-refractivity contribution in [2.45, 2.75) is 46.1 Å². The van der Waals surface area contributed by atoms with Crippen molar-refractivity contribution in [3.8, 4) is 0 Å².